The van der Waals surface area contributed by atoms with Gasteiger partial charge in [-0.15, -0.1) is 0 Å². The molecule has 0 atom stereocenters. The van der Waals surface area contributed by atoms with Crippen LogP contribution >= 0.6 is 0 Å². The largest absolute Gasteiger partial charge is 0.486 e. The number of carbonyl (C=O) groups excluding carboxylic acids is 1. The second-order valence-electron chi connectivity index (χ2n) is 8.81. The van der Waals surface area contributed by atoms with Crippen molar-refractivity contribution in [1.82, 2.24) is 0 Å². The van der Waals surface area contributed by atoms with Crippen molar-refractivity contribution in [1.29, 1.82) is 0 Å². The highest BCUT2D eigenvalue weighted by atomic mass is 16.6. The normalized spacial score (nSPS) is 15.7. The molecule has 0 saturated heterocycles. The fourth-order valence-electron chi connectivity index (χ4n) is 4.78. The molecule has 1 aliphatic carbocycles. The highest BCUT2D eigenvalue weighted by Gasteiger charge is 2.20. The summed E-state index contributed by atoms with van der Waals surface area (Å²) in [6, 6.07) is 8.87. The Kier molecular flexibility index (Phi) is 6.07. The van der Waals surface area contributed by atoms with Crippen LogP contribution in [0.2, 0.25) is 0 Å². The summed E-state index contributed by atoms with van der Waals surface area (Å²) in [5, 5.41) is 0.463. The Morgan fingerprint density at radius 1 is 1.06 bits per heavy atom. The van der Waals surface area contributed by atoms with Crippen molar-refractivity contribution in [2.45, 2.75) is 51.9 Å². The minimum Gasteiger partial charge on any atom is -0.486 e. The number of carbonyl (C=O) groups is 1. The third-order valence-electron chi connectivity index (χ3n) is 6.65. The van der Waals surface area contributed by atoms with Gasteiger partial charge in [-0.2, -0.15) is 0 Å². The monoisotopic (exact) mass is 448 g/mol. The highest BCUT2D eigenvalue weighted by Crippen LogP contribution is 2.35. The molecule has 0 spiro atoms. The van der Waals surface area contributed by atoms with Gasteiger partial charge in [0, 0.05) is 12.5 Å². The van der Waals surface area contributed by atoms with Crippen LogP contribution in [0.3, 0.4) is 0 Å². The lowest BCUT2D eigenvalue weighted by molar-refractivity contribution is -0.134. The predicted molar refractivity (Wildman–Crippen MR) is 125 cm³/mol. The lowest BCUT2D eigenvalue weighted by atomic mass is 10.0. The van der Waals surface area contributed by atoms with Crippen LogP contribution in [0, 0.1) is 5.92 Å². The molecule has 2 heterocycles. The van der Waals surface area contributed by atoms with Crippen molar-refractivity contribution in [2.24, 2.45) is 5.92 Å². The van der Waals surface area contributed by atoms with Gasteiger partial charge in [-0.3, -0.25) is 9.59 Å². The van der Waals surface area contributed by atoms with E-state index in [0.29, 0.717) is 71.3 Å². The lowest BCUT2D eigenvalue weighted by Crippen LogP contribution is -2.15. The van der Waals surface area contributed by atoms with Gasteiger partial charge in [0.15, 0.2) is 11.5 Å². The first-order valence-corrected chi connectivity index (χ1v) is 11.8. The van der Waals surface area contributed by atoms with Crippen LogP contribution in [0.25, 0.3) is 22.1 Å². The first-order chi connectivity index (χ1) is 16.1. The standard InChI is InChI=1S/C27H28O6/c1-2-18-13-20-24(15-23(18)33-26(28)10-7-17-5-3-4-6-17)32-16-21(27(20)29)19-8-9-22-25(14-19)31-12-11-30-22/h8-9,13-17H,2-7,10-12H2,1H3. The summed E-state index contributed by atoms with van der Waals surface area (Å²) in [5.41, 5.74) is 2.22. The molecule has 1 aliphatic heterocycles. The molecule has 6 nitrogen and oxygen atoms in total. The molecule has 0 bridgehead atoms. The SMILES string of the molecule is CCc1cc2c(=O)c(-c3ccc4c(c3)OCCO4)coc2cc1OC(=O)CCC1CCCC1. The number of ether oxygens (including phenoxy) is 3. The molecule has 5 rings (SSSR count). The molecule has 0 amide bonds. The molecule has 6 heteroatoms. The number of aryl methyl sites for hydroxylation is 1. The molecule has 0 N–H and O–H groups in total. The molecule has 2 aromatic carbocycles. The van der Waals surface area contributed by atoms with Crippen LogP contribution in [-0.4, -0.2) is 19.2 Å². The van der Waals surface area contributed by atoms with Crippen LogP contribution in [0.15, 0.2) is 45.8 Å². The predicted octanol–water partition coefficient (Wildman–Crippen LogP) is 5.67. The Morgan fingerprint density at radius 3 is 2.64 bits per heavy atom. The second kappa shape index (κ2) is 9.30. The maximum atomic E-state index is 13.3. The average molecular weight is 449 g/mol. The van der Waals surface area contributed by atoms with Gasteiger partial charge in [0.1, 0.15) is 30.8 Å². The van der Waals surface area contributed by atoms with Crippen LogP contribution < -0.4 is 19.6 Å². The molecule has 1 aromatic heterocycles. The lowest BCUT2D eigenvalue weighted by Gasteiger charge is -2.18. The molecule has 33 heavy (non-hydrogen) atoms. The van der Waals surface area contributed by atoms with Gasteiger partial charge in [0.05, 0.1) is 10.9 Å². The van der Waals surface area contributed by atoms with E-state index in [2.05, 4.69) is 0 Å². The van der Waals surface area contributed by atoms with Gasteiger partial charge in [-0.1, -0.05) is 38.7 Å². The molecule has 0 unspecified atom stereocenters. The minimum atomic E-state index is -0.230. The zero-order chi connectivity index (χ0) is 22.8. The summed E-state index contributed by atoms with van der Waals surface area (Å²) in [6.07, 6.45) is 8.32. The molecular weight excluding hydrogens is 420 g/mol. The summed E-state index contributed by atoms with van der Waals surface area (Å²) in [5.74, 6) is 2.16. The Morgan fingerprint density at radius 2 is 1.85 bits per heavy atom. The Hall–Kier alpha value is -3.28. The summed E-state index contributed by atoms with van der Waals surface area (Å²) in [4.78, 5) is 25.8. The molecule has 1 fully saturated rings. The van der Waals surface area contributed by atoms with E-state index < -0.39 is 0 Å². The van der Waals surface area contributed by atoms with Gasteiger partial charge in [0.2, 0.25) is 5.43 Å². The van der Waals surface area contributed by atoms with Crippen molar-refractivity contribution in [3.05, 3.63) is 52.4 Å². The highest BCUT2D eigenvalue weighted by molar-refractivity contribution is 5.85. The number of fused-ring (bicyclic) bond motifs is 2. The first kappa shape index (κ1) is 21.6. The fraction of sp³-hybridized carbons (Fsp3) is 0.407. The van der Waals surface area contributed by atoms with E-state index in [-0.39, 0.29) is 11.4 Å². The zero-order valence-corrected chi connectivity index (χ0v) is 18.9. The number of benzene rings is 2. The van der Waals surface area contributed by atoms with Gasteiger partial charge in [0.25, 0.3) is 0 Å². The maximum absolute atomic E-state index is 13.3. The average Bonchev–Trinajstić information content (AvgIpc) is 3.36. The third kappa shape index (κ3) is 4.47. The maximum Gasteiger partial charge on any atom is 0.311 e. The van der Waals surface area contributed by atoms with E-state index in [9.17, 15) is 9.59 Å². The summed E-state index contributed by atoms with van der Waals surface area (Å²) >= 11 is 0. The molecule has 3 aromatic rings. The first-order valence-electron chi connectivity index (χ1n) is 11.8. The van der Waals surface area contributed by atoms with Crippen molar-refractivity contribution < 1.29 is 23.4 Å². The molecule has 172 valence electrons. The van der Waals surface area contributed by atoms with E-state index in [4.69, 9.17) is 18.6 Å². The quantitative estimate of drug-likeness (QED) is 0.357. The zero-order valence-electron chi connectivity index (χ0n) is 18.9. The van der Waals surface area contributed by atoms with Crippen molar-refractivity contribution >= 4 is 16.9 Å². The third-order valence-corrected chi connectivity index (χ3v) is 6.65. The topological polar surface area (TPSA) is 75.0 Å². The molecule has 2 aliphatic rings. The van der Waals surface area contributed by atoms with E-state index in [1.165, 1.54) is 31.9 Å². The van der Waals surface area contributed by atoms with E-state index in [1.54, 1.807) is 24.3 Å². The number of esters is 1. The second-order valence-corrected chi connectivity index (χ2v) is 8.81. The van der Waals surface area contributed by atoms with Crippen molar-refractivity contribution in [2.75, 3.05) is 13.2 Å². The molecular formula is C27H28O6. The minimum absolute atomic E-state index is 0.137. The van der Waals surface area contributed by atoms with E-state index in [1.807, 2.05) is 13.0 Å². The van der Waals surface area contributed by atoms with Gasteiger partial charge < -0.3 is 18.6 Å². The van der Waals surface area contributed by atoms with Crippen molar-refractivity contribution in [3.8, 4) is 28.4 Å². The fourth-order valence-corrected chi connectivity index (χ4v) is 4.78. The summed E-state index contributed by atoms with van der Waals surface area (Å²) in [6.45, 7) is 2.96. The van der Waals surface area contributed by atoms with Crippen LogP contribution in [0.5, 0.6) is 17.2 Å². The number of rotatable bonds is 6. The van der Waals surface area contributed by atoms with E-state index in [0.717, 1.165) is 12.0 Å². The van der Waals surface area contributed by atoms with Crippen LogP contribution in [-0.2, 0) is 11.2 Å². The number of hydrogen-bond acceptors (Lipinski definition) is 6. The smallest absolute Gasteiger partial charge is 0.311 e. The summed E-state index contributed by atoms with van der Waals surface area (Å²) < 4.78 is 22.7. The van der Waals surface area contributed by atoms with Crippen molar-refractivity contribution in [3.63, 3.8) is 0 Å². The van der Waals surface area contributed by atoms with E-state index >= 15 is 0 Å². The number of hydrogen-bond donors (Lipinski definition) is 0. The van der Waals surface area contributed by atoms with Crippen LogP contribution in [0.4, 0.5) is 0 Å². The van der Waals surface area contributed by atoms with Gasteiger partial charge in [-0.05, 0) is 48.1 Å². The van der Waals surface area contributed by atoms with Crippen LogP contribution in [0.1, 0.15) is 51.0 Å². The molecule has 0 radical (unpaired) electrons. The van der Waals surface area contributed by atoms with Gasteiger partial charge in [-0.25, -0.2) is 0 Å². The Bertz CT molecular complexity index is 1240. The van der Waals surface area contributed by atoms with Gasteiger partial charge >= 0.3 is 5.97 Å². The summed E-state index contributed by atoms with van der Waals surface area (Å²) in [7, 11) is 0. The molecule has 1 saturated carbocycles. The Balaban J connectivity index is 1.42. The Labute approximate surface area is 192 Å².